The molecule has 0 aliphatic carbocycles. The molecule has 2 unspecified atom stereocenters. The van der Waals surface area contributed by atoms with Gasteiger partial charge in [-0.2, -0.15) is 0 Å². The lowest BCUT2D eigenvalue weighted by atomic mass is 10.0. The molecule has 2 atom stereocenters. The summed E-state index contributed by atoms with van der Waals surface area (Å²) < 4.78 is 12.3. The standard InChI is InChI=1S/C20H29N3O4/c1-13-14(2)23(19(25)27-20(3,4)5)10-9-22(13)12-15-7-8-16-17(11-15)26-18(24)21(16)6/h7-8,11,13-14H,9-10,12H2,1-6H3. The number of aromatic nitrogens is 1. The largest absolute Gasteiger partial charge is 0.444 e. The van der Waals surface area contributed by atoms with Crippen LogP contribution in [0.25, 0.3) is 11.1 Å². The molecule has 2 heterocycles. The van der Waals surface area contributed by atoms with Crippen LogP contribution in [0.1, 0.15) is 40.2 Å². The molecule has 0 radical (unpaired) electrons. The van der Waals surface area contributed by atoms with Gasteiger partial charge in [0.2, 0.25) is 0 Å². The Kier molecular flexibility index (Phi) is 5.08. The van der Waals surface area contributed by atoms with Crippen LogP contribution in [-0.2, 0) is 18.3 Å². The number of fused-ring (bicyclic) bond motifs is 1. The number of amides is 1. The minimum Gasteiger partial charge on any atom is -0.444 e. The highest BCUT2D eigenvalue weighted by molar-refractivity contribution is 5.73. The molecule has 1 aromatic heterocycles. The number of carbonyl (C=O) groups excluding carboxylic acids is 1. The average Bonchev–Trinajstić information content (AvgIpc) is 2.84. The Morgan fingerprint density at radius 2 is 1.93 bits per heavy atom. The summed E-state index contributed by atoms with van der Waals surface area (Å²) in [6.45, 7) is 12.0. The quantitative estimate of drug-likeness (QED) is 0.807. The molecule has 7 nitrogen and oxygen atoms in total. The molecule has 27 heavy (non-hydrogen) atoms. The minimum absolute atomic E-state index is 0.0481. The van der Waals surface area contributed by atoms with Gasteiger partial charge in [0, 0.05) is 38.8 Å². The Morgan fingerprint density at radius 1 is 1.22 bits per heavy atom. The monoisotopic (exact) mass is 375 g/mol. The summed E-state index contributed by atoms with van der Waals surface area (Å²) in [6.07, 6.45) is -0.256. The predicted molar refractivity (Wildman–Crippen MR) is 104 cm³/mol. The van der Waals surface area contributed by atoms with Crippen LogP contribution < -0.4 is 5.76 Å². The normalized spacial score (nSPS) is 21.6. The second-order valence-electron chi connectivity index (χ2n) is 8.35. The number of ether oxygens (including phenoxy) is 1. The van der Waals surface area contributed by atoms with Crippen molar-refractivity contribution >= 4 is 17.2 Å². The Labute approximate surface area is 159 Å². The van der Waals surface area contributed by atoms with E-state index in [9.17, 15) is 9.59 Å². The third-order valence-electron chi connectivity index (χ3n) is 5.26. The number of benzene rings is 1. The second kappa shape index (κ2) is 7.03. The number of oxazole rings is 1. The summed E-state index contributed by atoms with van der Waals surface area (Å²) >= 11 is 0. The molecule has 0 N–H and O–H groups in total. The first-order chi connectivity index (χ1) is 12.6. The van der Waals surface area contributed by atoms with Crippen molar-refractivity contribution in [1.82, 2.24) is 14.4 Å². The topological polar surface area (TPSA) is 67.9 Å². The van der Waals surface area contributed by atoms with Gasteiger partial charge in [-0.3, -0.25) is 9.47 Å². The van der Waals surface area contributed by atoms with Crippen LogP contribution in [0.4, 0.5) is 4.79 Å². The first kappa shape index (κ1) is 19.5. The SMILES string of the molecule is CC1C(C)N(C(=O)OC(C)(C)C)CCN1Cc1ccc2c(c1)oc(=O)n2C. The third kappa shape index (κ3) is 4.03. The maximum Gasteiger partial charge on any atom is 0.419 e. The molecule has 1 amide bonds. The van der Waals surface area contributed by atoms with Crippen LogP contribution in [0.2, 0.25) is 0 Å². The van der Waals surface area contributed by atoms with Crippen molar-refractivity contribution in [3.05, 3.63) is 34.3 Å². The van der Waals surface area contributed by atoms with Crippen LogP contribution in [-0.4, -0.2) is 51.2 Å². The molecule has 7 heteroatoms. The van der Waals surface area contributed by atoms with Gasteiger partial charge in [0.05, 0.1) is 5.52 Å². The van der Waals surface area contributed by atoms with Crippen LogP contribution in [0.5, 0.6) is 0 Å². The van der Waals surface area contributed by atoms with Crippen LogP contribution in [0.3, 0.4) is 0 Å². The zero-order valence-corrected chi connectivity index (χ0v) is 17.0. The van der Waals surface area contributed by atoms with E-state index >= 15 is 0 Å². The number of aryl methyl sites for hydroxylation is 1. The van der Waals surface area contributed by atoms with Crippen molar-refractivity contribution in [2.45, 2.75) is 58.8 Å². The summed E-state index contributed by atoms with van der Waals surface area (Å²) in [5.41, 5.74) is 1.99. The van der Waals surface area contributed by atoms with Crippen molar-refractivity contribution in [3.63, 3.8) is 0 Å². The van der Waals surface area contributed by atoms with Crippen molar-refractivity contribution in [2.75, 3.05) is 13.1 Å². The van der Waals surface area contributed by atoms with Crippen molar-refractivity contribution in [3.8, 4) is 0 Å². The molecule has 2 aromatic rings. The molecule has 1 aromatic carbocycles. The molecule has 0 bridgehead atoms. The highest BCUT2D eigenvalue weighted by atomic mass is 16.6. The number of hydrogen-bond acceptors (Lipinski definition) is 5. The van der Waals surface area contributed by atoms with Gasteiger partial charge in [-0.25, -0.2) is 9.59 Å². The van der Waals surface area contributed by atoms with Crippen LogP contribution in [0, 0.1) is 0 Å². The van der Waals surface area contributed by atoms with Gasteiger partial charge < -0.3 is 14.1 Å². The second-order valence-corrected chi connectivity index (χ2v) is 8.35. The Hall–Kier alpha value is -2.28. The van der Waals surface area contributed by atoms with E-state index in [0.717, 1.165) is 24.2 Å². The van der Waals surface area contributed by atoms with Crippen molar-refractivity contribution in [1.29, 1.82) is 0 Å². The van der Waals surface area contributed by atoms with Crippen molar-refractivity contribution < 1.29 is 13.9 Å². The van der Waals surface area contributed by atoms with E-state index in [2.05, 4.69) is 18.7 Å². The van der Waals surface area contributed by atoms with Crippen molar-refractivity contribution in [2.24, 2.45) is 7.05 Å². The van der Waals surface area contributed by atoms with E-state index in [1.807, 2.05) is 43.9 Å². The minimum atomic E-state index is -0.494. The first-order valence-corrected chi connectivity index (χ1v) is 9.39. The molecule has 1 aliphatic rings. The van der Waals surface area contributed by atoms with E-state index in [0.29, 0.717) is 12.1 Å². The fourth-order valence-electron chi connectivity index (χ4n) is 3.52. The molecular formula is C20H29N3O4. The van der Waals surface area contributed by atoms with Gasteiger partial charge in [0.1, 0.15) is 5.60 Å². The van der Waals surface area contributed by atoms with E-state index < -0.39 is 5.60 Å². The number of rotatable bonds is 2. The highest BCUT2D eigenvalue weighted by Gasteiger charge is 2.35. The highest BCUT2D eigenvalue weighted by Crippen LogP contribution is 2.23. The average molecular weight is 375 g/mol. The van der Waals surface area contributed by atoms with E-state index in [1.165, 1.54) is 4.57 Å². The Bertz CT molecular complexity index is 893. The van der Waals surface area contributed by atoms with Crippen LogP contribution >= 0.6 is 0 Å². The fraction of sp³-hybridized carbons (Fsp3) is 0.600. The van der Waals surface area contributed by atoms with E-state index in [4.69, 9.17) is 9.15 Å². The summed E-state index contributed by atoms with van der Waals surface area (Å²) in [5.74, 6) is -0.352. The molecule has 148 valence electrons. The van der Waals surface area contributed by atoms with Crippen LogP contribution in [0.15, 0.2) is 27.4 Å². The van der Waals surface area contributed by atoms with E-state index in [-0.39, 0.29) is 23.9 Å². The van der Waals surface area contributed by atoms with Gasteiger partial charge in [-0.05, 0) is 52.3 Å². The molecule has 0 saturated carbocycles. The maximum atomic E-state index is 12.5. The number of nitrogens with zero attached hydrogens (tertiary/aromatic N) is 3. The lowest BCUT2D eigenvalue weighted by molar-refractivity contribution is -0.0144. The molecule has 1 saturated heterocycles. The summed E-state index contributed by atoms with van der Waals surface area (Å²) in [6, 6.07) is 6.10. The summed E-state index contributed by atoms with van der Waals surface area (Å²) in [7, 11) is 1.70. The smallest absolute Gasteiger partial charge is 0.419 e. The summed E-state index contributed by atoms with van der Waals surface area (Å²) in [4.78, 5) is 28.3. The van der Waals surface area contributed by atoms with Gasteiger partial charge in [-0.1, -0.05) is 6.07 Å². The first-order valence-electron chi connectivity index (χ1n) is 9.39. The molecule has 0 spiro atoms. The lowest BCUT2D eigenvalue weighted by Gasteiger charge is -2.45. The van der Waals surface area contributed by atoms with E-state index in [1.54, 1.807) is 7.05 Å². The van der Waals surface area contributed by atoms with Gasteiger partial charge in [-0.15, -0.1) is 0 Å². The Morgan fingerprint density at radius 3 is 2.59 bits per heavy atom. The lowest BCUT2D eigenvalue weighted by Crippen LogP contribution is -2.59. The maximum absolute atomic E-state index is 12.5. The molecular weight excluding hydrogens is 346 g/mol. The zero-order valence-electron chi connectivity index (χ0n) is 17.0. The number of hydrogen-bond donors (Lipinski definition) is 0. The zero-order chi connectivity index (χ0) is 19.9. The molecule has 1 fully saturated rings. The predicted octanol–water partition coefficient (Wildman–Crippen LogP) is 2.96. The molecule has 3 rings (SSSR count). The molecule has 1 aliphatic heterocycles. The summed E-state index contributed by atoms with van der Waals surface area (Å²) in [5, 5.41) is 0. The Balaban J connectivity index is 1.71. The van der Waals surface area contributed by atoms with Gasteiger partial charge in [0.15, 0.2) is 5.58 Å². The number of carbonyl (C=O) groups is 1. The third-order valence-corrected chi connectivity index (χ3v) is 5.26. The fourth-order valence-corrected chi connectivity index (χ4v) is 3.52. The van der Waals surface area contributed by atoms with Gasteiger partial charge >= 0.3 is 11.8 Å². The van der Waals surface area contributed by atoms with Gasteiger partial charge in [0.25, 0.3) is 0 Å². The number of piperazine rings is 1.